The number of nitrogens with zero attached hydrogens (tertiary/aromatic N) is 1. The Kier molecular flexibility index (Phi) is 8.02. The Hall–Kier alpha value is -2.58. The molecule has 2 aliphatic rings. The highest BCUT2D eigenvalue weighted by atomic mass is 19.1. The normalized spacial score (nSPS) is 23.2. The molecule has 7 nitrogen and oxygen atoms in total. The number of ether oxygens (including phenoxy) is 3. The summed E-state index contributed by atoms with van der Waals surface area (Å²) in [6.07, 6.45) is 1.56. The number of carbonyl (C=O) groups excluding carboxylic acids is 2. The van der Waals surface area contributed by atoms with E-state index in [0.29, 0.717) is 56.4 Å². The fourth-order valence-corrected chi connectivity index (χ4v) is 4.19. The molecule has 1 saturated heterocycles. The number of alkyl halides is 1. The third-order valence-electron chi connectivity index (χ3n) is 5.87. The van der Waals surface area contributed by atoms with Gasteiger partial charge < -0.3 is 19.5 Å². The summed E-state index contributed by atoms with van der Waals surface area (Å²) in [6, 6.07) is 2.10. The quantitative estimate of drug-likeness (QED) is 0.665. The van der Waals surface area contributed by atoms with Gasteiger partial charge in [0, 0.05) is 24.7 Å². The zero-order chi connectivity index (χ0) is 24.2. The average molecular weight is 469 g/mol. The molecule has 1 aromatic carbocycles. The molecule has 1 aliphatic carbocycles. The van der Waals surface area contributed by atoms with Crippen molar-refractivity contribution < 1.29 is 32.6 Å². The summed E-state index contributed by atoms with van der Waals surface area (Å²) in [5, 5.41) is 2.78. The molecule has 0 bridgehead atoms. The second-order valence-electron chi connectivity index (χ2n) is 9.64. The van der Waals surface area contributed by atoms with Gasteiger partial charge in [-0.1, -0.05) is 0 Å². The molecule has 1 saturated carbocycles. The number of halogens is 2. The minimum atomic E-state index is -0.818. The molecule has 184 valence electrons. The molecule has 9 heteroatoms. The zero-order valence-corrected chi connectivity index (χ0v) is 19.8. The van der Waals surface area contributed by atoms with Crippen molar-refractivity contribution in [2.75, 3.05) is 13.7 Å². The second-order valence-corrected chi connectivity index (χ2v) is 9.64. The highest BCUT2D eigenvalue weighted by Crippen LogP contribution is 2.32. The molecule has 1 N–H and O–H groups in total. The van der Waals surface area contributed by atoms with E-state index in [-0.39, 0.29) is 24.3 Å². The van der Waals surface area contributed by atoms with Crippen LogP contribution in [-0.4, -0.2) is 54.5 Å². The Morgan fingerprint density at radius 3 is 2.45 bits per heavy atom. The molecule has 2 fully saturated rings. The van der Waals surface area contributed by atoms with Crippen molar-refractivity contribution in [1.29, 1.82) is 0 Å². The van der Waals surface area contributed by atoms with E-state index in [1.807, 2.05) is 0 Å². The van der Waals surface area contributed by atoms with Crippen LogP contribution in [0.3, 0.4) is 0 Å². The number of amides is 2. The first-order valence-corrected chi connectivity index (χ1v) is 11.5. The fraction of sp³-hybridized carbons (Fsp3) is 0.667. The van der Waals surface area contributed by atoms with E-state index >= 15 is 0 Å². The van der Waals surface area contributed by atoms with Crippen molar-refractivity contribution in [2.45, 2.75) is 89.8 Å². The van der Waals surface area contributed by atoms with Gasteiger partial charge in [-0.25, -0.2) is 13.6 Å². The van der Waals surface area contributed by atoms with Crippen LogP contribution in [0.25, 0.3) is 0 Å². The number of benzene rings is 1. The van der Waals surface area contributed by atoms with E-state index in [0.717, 1.165) is 0 Å². The summed E-state index contributed by atoms with van der Waals surface area (Å²) in [6.45, 7) is 5.80. The van der Waals surface area contributed by atoms with Crippen molar-refractivity contribution >= 4 is 12.0 Å². The minimum absolute atomic E-state index is 0.0326. The third kappa shape index (κ3) is 6.71. The van der Waals surface area contributed by atoms with Gasteiger partial charge in [0.1, 0.15) is 23.6 Å². The molecule has 0 aromatic heterocycles. The summed E-state index contributed by atoms with van der Waals surface area (Å²) in [7, 11) is 1.46. The van der Waals surface area contributed by atoms with Gasteiger partial charge in [0.15, 0.2) is 11.6 Å². The van der Waals surface area contributed by atoms with E-state index < -0.39 is 29.7 Å². The number of hydrogen-bond donors (Lipinski definition) is 1. The van der Waals surface area contributed by atoms with E-state index in [1.54, 1.807) is 20.8 Å². The van der Waals surface area contributed by atoms with Gasteiger partial charge in [-0.3, -0.25) is 9.69 Å². The second kappa shape index (κ2) is 10.6. The largest absolute Gasteiger partial charge is 0.496 e. The molecule has 0 unspecified atom stereocenters. The fourth-order valence-electron chi connectivity index (χ4n) is 4.19. The van der Waals surface area contributed by atoms with Gasteiger partial charge in [0.05, 0.1) is 13.2 Å². The smallest absolute Gasteiger partial charge is 0.410 e. The first-order chi connectivity index (χ1) is 15.6. The molecule has 2 amide bonds. The molecule has 0 radical (unpaired) electrons. The van der Waals surface area contributed by atoms with Gasteiger partial charge >= 0.3 is 6.09 Å². The Balaban J connectivity index is 1.62. The lowest BCUT2D eigenvalue weighted by molar-refractivity contribution is -0.125. The van der Waals surface area contributed by atoms with Crippen LogP contribution in [0.5, 0.6) is 11.5 Å². The number of hydrogen-bond acceptors (Lipinski definition) is 5. The summed E-state index contributed by atoms with van der Waals surface area (Å²) in [5.74, 6) is -0.472. The molecule has 33 heavy (non-hydrogen) atoms. The Labute approximate surface area is 193 Å². The monoisotopic (exact) mass is 468 g/mol. The Bertz CT molecular complexity index is 850. The highest BCUT2D eigenvalue weighted by molar-refractivity contribution is 5.86. The topological polar surface area (TPSA) is 77.1 Å². The Morgan fingerprint density at radius 1 is 1.12 bits per heavy atom. The number of rotatable bonds is 6. The average Bonchev–Trinajstić information content (AvgIpc) is 3.24. The summed E-state index contributed by atoms with van der Waals surface area (Å²) >= 11 is 0. The van der Waals surface area contributed by atoms with Crippen molar-refractivity contribution in [1.82, 2.24) is 10.2 Å². The SMILES string of the molecule is COc1cc(OC2CCC(F)CC2)c(F)cc1CNC(=O)[C@@H]1CCCN1C(=O)OC(C)(C)C. The molecule has 1 atom stereocenters. The first-order valence-electron chi connectivity index (χ1n) is 11.5. The van der Waals surface area contributed by atoms with Crippen LogP contribution in [-0.2, 0) is 16.1 Å². The summed E-state index contributed by atoms with van der Waals surface area (Å²) in [4.78, 5) is 26.7. The number of nitrogens with one attached hydrogen (secondary N) is 1. The zero-order valence-electron chi connectivity index (χ0n) is 19.8. The third-order valence-corrected chi connectivity index (χ3v) is 5.87. The Morgan fingerprint density at radius 2 is 1.82 bits per heavy atom. The molecule has 1 aliphatic heterocycles. The number of carbonyl (C=O) groups is 2. The van der Waals surface area contributed by atoms with Gasteiger partial charge in [-0.2, -0.15) is 0 Å². The number of likely N-dealkylation sites (tertiary alicyclic amines) is 1. The van der Waals surface area contributed by atoms with Crippen LogP contribution in [0.4, 0.5) is 13.6 Å². The van der Waals surface area contributed by atoms with E-state index in [1.165, 1.54) is 24.1 Å². The van der Waals surface area contributed by atoms with Crippen molar-refractivity contribution in [3.8, 4) is 11.5 Å². The van der Waals surface area contributed by atoms with Crippen molar-refractivity contribution in [3.63, 3.8) is 0 Å². The standard InChI is InChI=1S/C24H34F2N2O5/c1-24(2,3)33-23(30)28-11-5-6-19(28)22(29)27-14-15-12-18(26)21(13-20(15)31-4)32-17-9-7-16(25)8-10-17/h12-13,16-17,19H,5-11,14H2,1-4H3,(H,27,29)/t16?,17?,19-/m0/s1. The maximum absolute atomic E-state index is 14.7. The summed E-state index contributed by atoms with van der Waals surface area (Å²) < 4.78 is 44.6. The lowest BCUT2D eigenvalue weighted by atomic mass is 9.96. The van der Waals surface area contributed by atoms with E-state index in [4.69, 9.17) is 14.2 Å². The molecular formula is C24H34F2N2O5. The van der Waals surface area contributed by atoms with Crippen LogP contribution in [0.15, 0.2) is 12.1 Å². The maximum Gasteiger partial charge on any atom is 0.410 e. The predicted molar refractivity (Wildman–Crippen MR) is 119 cm³/mol. The van der Waals surface area contributed by atoms with E-state index in [9.17, 15) is 18.4 Å². The van der Waals surface area contributed by atoms with Crippen LogP contribution < -0.4 is 14.8 Å². The van der Waals surface area contributed by atoms with Crippen LogP contribution >= 0.6 is 0 Å². The van der Waals surface area contributed by atoms with Crippen molar-refractivity contribution in [3.05, 3.63) is 23.5 Å². The lowest BCUT2D eigenvalue weighted by Crippen LogP contribution is -2.47. The van der Waals surface area contributed by atoms with Gasteiger partial charge in [-0.15, -0.1) is 0 Å². The van der Waals surface area contributed by atoms with Gasteiger partial charge in [-0.05, 0) is 65.4 Å². The predicted octanol–water partition coefficient (Wildman–Crippen LogP) is 4.51. The minimum Gasteiger partial charge on any atom is -0.496 e. The van der Waals surface area contributed by atoms with E-state index in [2.05, 4.69) is 5.32 Å². The first kappa shape index (κ1) is 25.1. The lowest BCUT2D eigenvalue weighted by Gasteiger charge is -2.28. The molecule has 0 spiro atoms. The highest BCUT2D eigenvalue weighted by Gasteiger charge is 2.36. The molecule has 1 aromatic rings. The number of methoxy groups -OCH3 is 1. The molecular weight excluding hydrogens is 434 g/mol. The van der Waals surface area contributed by atoms with Crippen molar-refractivity contribution in [2.24, 2.45) is 0 Å². The van der Waals surface area contributed by atoms with Crippen LogP contribution in [0.1, 0.15) is 64.9 Å². The summed E-state index contributed by atoms with van der Waals surface area (Å²) in [5.41, 5.74) is -0.203. The molecule has 3 rings (SSSR count). The van der Waals surface area contributed by atoms with Crippen LogP contribution in [0, 0.1) is 5.82 Å². The van der Waals surface area contributed by atoms with Gasteiger partial charge in [0.2, 0.25) is 5.91 Å². The molecule has 1 heterocycles. The van der Waals surface area contributed by atoms with Gasteiger partial charge in [0.25, 0.3) is 0 Å². The van der Waals surface area contributed by atoms with Crippen LogP contribution in [0.2, 0.25) is 0 Å². The maximum atomic E-state index is 14.7.